The van der Waals surface area contributed by atoms with Gasteiger partial charge in [-0.3, -0.25) is 10.1 Å². The third-order valence-electron chi connectivity index (χ3n) is 4.68. The molecular formula is C23H22N2O3. The Labute approximate surface area is 163 Å². The van der Waals surface area contributed by atoms with Crippen molar-refractivity contribution in [3.8, 4) is 0 Å². The molecule has 28 heavy (non-hydrogen) atoms. The fraction of sp³-hybridized carbons (Fsp3) is 0.174. The molecule has 5 heteroatoms. The number of carbonyl (C=O) groups excluding carboxylic acids is 1. The Morgan fingerprint density at radius 1 is 0.964 bits per heavy atom. The quantitative estimate of drug-likeness (QED) is 0.497. The van der Waals surface area contributed by atoms with Crippen LogP contribution in [0.25, 0.3) is 11.0 Å². The summed E-state index contributed by atoms with van der Waals surface area (Å²) in [5.74, 6) is 1.39. The van der Waals surface area contributed by atoms with Gasteiger partial charge in [0.2, 0.25) is 5.91 Å². The molecule has 2 atom stereocenters. The van der Waals surface area contributed by atoms with E-state index in [0.717, 1.165) is 28.1 Å². The third kappa shape index (κ3) is 4.00. The van der Waals surface area contributed by atoms with Crippen molar-refractivity contribution in [3.05, 3.63) is 96.1 Å². The molecule has 2 N–H and O–H groups in total. The lowest BCUT2D eigenvalue weighted by molar-refractivity contribution is -0.121. The Morgan fingerprint density at radius 3 is 2.50 bits per heavy atom. The van der Waals surface area contributed by atoms with Gasteiger partial charge in [0, 0.05) is 5.39 Å². The molecule has 0 radical (unpaired) electrons. The topological polar surface area (TPSA) is 67.4 Å². The van der Waals surface area contributed by atoms with Gasteiger partial charge >= 0.3 is 0 Å². The van der Waals surface area contributed by atoms with Crippen molar-refractivity contribution in [3.63, 3.8) is 0 Å². The molecular weight excluding hydrogens is 352 g/mol. The van der Waals surface area contributed by atoms with Gasteiger partial charge in [-0.1, -0.05) is 48.5 Å². The van der Waals surface area contributed by atoms with Crippen molar-refractivity contribution in [1.29, 1.82) is 0 Å². The number of nitrogens with one attached hydrogen (secondary N) is 2. The van der Waals surface area contributed by atoms with E-state index in [4.69, 9.17) is 8.83 Å². The number of benzene rings is 2. The van der Waals surface area contributed by atoms with Crippen molar-refractivity contribution >= 4 is 16.9 Å². The zero-order valence-corrected chi connectivity index (χ0v) is 15.6. The largest absolute Gasteiger partial charge is 0.467 e. The van der Waals surface area contributed by atoms with Gasteiger partial charge < -0.3 is 14.2 Å². The average Bonchev–Trinajstić information content (AvgIpc) is 3.39. The fourth-order valence-corrected chi connectivity index (χ4v) is 3.26. The molecule has 5 nitrogen and oxygen atoms in total. The van der Waals surface area contributed by atoms with Gasteiger partial charge in [0.05, 0.1) is 24.9 Å². The lowest BCUT2D eigenvalue weighted by atomic mass is 10.0. The van der Waals surface area contributed by atoms with Crippen LogP contribution in [0, 0.1) is 0 Å². The maximum Gasteiger partial charge on any atom is 0.234 e. The van der Waals surface area contributed by atoms with E-state index in [2.05, 4.69) is 10.6 Å². The van der Waals surface area contributed by atoms with E-state index in [1.807, 2.05) is 79.7 Å². The minimum Gasteiger partial charge on any atom is -0.467 e. The van der Waals surface area contributed by atoms with Crippen LogP contribution in [0.15, 0.2) is 87.9 Å². The molecule has 4 aromatic rings. The maximum atomic E-state index is 12.5. The molecule has 0 aliphatic rings. The Morgan fingerprint density at radius 2 is 1.75 bits per heavy atom. The van der Waals surface area contributed by atoms with Crippen LogP contribution in [0.3, 0.4) is 0 Å². The van der Waals surface area contributed by atoms with Gasteiger partial charge in [0.1, 0.15) is 17.1 Å². The molecule has 0 spiro atoms. The summed E-state index contributed by atoms with van der Waals surface area (Å²) in [6.07, 6.45) is 1.64. The van der Waals surface area contributed by atoms with E-state index in [0.29, 0.717) is 0 Å². The SMILES string of the molecule is C[C@@H](NC(=O)CN[C@@H](c1ccccc1)c1ccco1)c1cc2ccccc2o1. The minimum absolute atomic E-state index is 0.111. The molecule has 1 amide bonds. The van der Waals surface area contributed by atoms with Gasteiger partial charge in [-0.25, -0.2) is 0 Å². The van der Waals surface area contributed by atoms with Crippen LogP contribution in [-0.2, 0) is 4.79 Å². The first-order chi connectivity index (χ1) is 13.7. The first-order valence-corrected chi connectivity index (χ1v) is 9.30. The van der Waals surface area contributed by atoms with Crippen molar-refractivity contribution in [2.45, 2.75) is 19.0 Å². The predicted octanol–water partition coefficient (Wildman–Crippen LogP) is 4.58. The van der Waals surface area contributed by atoms with Crippen LogP contribution < -0.4 is 10.6 Å². The van der Waals surface area contributed by atoms with E-state index in [1.54, 1.807) is 6.26 Å². The number of fused-ring (bicyclic) bond motifs is 1. The predicted molar refractivity (Wildman–Crippen MR) is 108 cm³/mol. The first-order valence-electron chi connectivity index (χ1n) is 9.30. The summed E-state index contributed by atoms with van der Waals surface area (Å²) in [7, 11) is 0. The highest BCUT2D eigenvalue weighted by Crippen LogP contribution is 2.24. The fourth-order valence-electron chi connectivity index (χ4n) is 3.26. The Bertz CT molecular complexity index is 1010. The van der Waals surface area contributed by atoms with Crippen molar-refractivity contribution in [1.82, 2.24) is 10.6 Å². The summed E-state index contributed by atoms with van der Waals surface area (Å²) in [6.45, 7) is 2.07. The summed E-state index contributed by atoms with van der Waals surface area (Å²) in [4.78, 5) is 12.5. The highest BCUT2D eigenvalue weighted by molar-refractivity contribution is 5.80. The summed E-state index contributed by atoms with van der Waals surface area (Å²) in [5.41, 5.74) is 1.86. The lowest BCUT2D eigenvalue weighted by Gasteiger charge is -2.18. The standard InChI is InChI=1S/C23H22N2O3/c1-16(21-14-18-10-5-6-11-19(18)28-21)25-22(26)15-24-23(20-12-7-13-27-20)17-8-3-2-4-9-17/h2-14,16,23-24H,15H2,1H3,(H,25,26)/t16-,23+/m1/s1. The molecule has 0 saturated carbocycles. The van der Waals surface area contributed by atoms with Crippen molar-refractivity contribution in [2.24, 2.45) is 0 Å². The molecule has 0 aliphatic heterocycles. The van der Waals surface area contributed by atoms with Crippen LogP contribution in [-0.4, -0.2) is 12.5 Å². The molecule has 0 aliphatic carbocycles. The molecule has 4 rings (SSSR count). The Balaban J connectivity index is 1.41. The molecule has 0 unspecified atom stereocenters. The average molecular weight is 374 g/mol. The van der Waals surface area contributed by atoms with Crippen molar-refractivity contribution in [2.75, 3.05) is 6.54 Å². The monoisotopic (exact) mass is 374 g/mol. The van der Waals surface area contributed by atoms with Gasteiger partial charge in [-0.15, -0.1) is 0 Å². The summed E-state index contributed by atoms with van der Waals surface area (Å²) in [5, 5.41) is 7.30. The van der Waals surface area contributed by atoms with Gasteiger partial charge in [0.25, 0.3) is 0 Å². The molecule has 142 valence electrons. The Kier molecular flexibility index (Phi) is 5.26. The summed E-state index contributed by atoms with van der Waals surface area (Å²) >= 11 is 0. The summed E-state index contributed by atoms with van der Waals surface area (Å²) in [6, 6.07) is 23.0. The number of furan rings is 2. The second-order valence-corrected chi connectivity index (χ2v) is 6.72. The molecule has 0 saturated heterocycles. The number of rotatable bonds is 7. The zero-order valence-electron chi connectivity index (χ0n) is 15.6. The highest BCUT2D eigenvalue weighted by Gasteiger charge is 2.19. The number of amides is 1. The van der Waals surface area contributed by atoms with E-state index in [1.165, 1.54) is 0 Å². The van der Waals surface area contributed by atoms with E-state index in [9.17, 15) is 4.79 Å². The van der Waals surface area contributed by atoms with Crippen LogP contribution >= 0.6 is 0 Å². The number of carbonyl (C=O) groups is 1. The van der Waals surface area contributed by atoms with E-state index >= 15 is 0 Å². The molecule has 0 fully saturated rings. The lowest BCUT2D eigenvalue weighted by Crippen LogP contribution is -2.37. The number of hydrogen-bond acceptors (Lipinski definition) is 4. The van der Waals surface area contributed by atoms with Crippen LogP contribution in [0.5, 0.6) is 0 Å². The zero-order chi connectivity index (χ0) is 19.3. The second-order valence-electron chi connectivity index (χ2n) is 6.72. The molecule has 2 aromatic carbocycles. The van der Waals surface area contributed by atoms with Crippen LogP contribution in [0.2, 0.25) is 0 Å². The maximum absolute atomic E-state index is 12.5. The van der Waals surface area contributed by atoms with Gasteiger partial charge in [-0.05, 0) is 36.8 Å². The smallest absolute Gasteiger partial charge is 0.234 e. The Hall–Kier alpha value is -3.31. The van der Waals surface area contributed by atoms with Crippen LogP contribution in [0.4, 0.5) is 0 Å². The van der Waals surface area contributed by atoms with Crippen LogP contribution in [0.1, 0.15) is 36.1 Å². The molecule has 2 aromatic heterocycles. The van der Waals surface area contributed by atoms with E-state index in [-0.39, 0.29) is 24.5 Å². The van der Waals surface area contributed by atoms with Crippen molar-refractivity contribution < 1.29 is 13.6 Å². The highest BCUT2D eigenvalue weighted by atomic mass is 16.3. The minimum atomic E-state index is -0.222. The molecule has 2 heterocycles. The normalized spacial score (nSPS) is 13.3. The second kappa shape index (κ2) is 8.15. The molecule has 0 bridgehead atoms. The third-order valence-corrected chi connectivity index (χ3v) is 4.68. The number of para-hydroxylation sites is 1. The number of hydrogen-bond donors (Lipinski definition) is 2. The van der Waals surface area contributed by atoms with Gasteiger partial charge in [-0.2, -0.15) is 0 Å². The first kappa shape index (κ1) is 18.1. The summed E-state index contributed by atoms with van der Waals surface area (Å²) < 4.78 is 11.4. The van der Waals surface area contributed by atoms with Gasteiger partial charge in [0.15, 0.2) is 0 Å². The van der Waals surface area contributed by atoms with E-state index < -0.39 is 0 Å².